The van der Waals surface area contributed by atoms with E-state index in [0.717, 1.165) is 0 Å². The molecule has 0 saturated carbocycles. The number of ether oxygens (including phenoxy) is 1. The molecule has 0 fully saturated rings. The number of hydrogen-bond acceptors (Lipinski definition) is 4. The lowest BCUT2D eigenvalue weighted by Gasteiger charge is -2.02. The van der Waals surface area contributed by atoms with Gasteiger partial charge in [0.05, 0.1) is 30.1 Å². The highest BCUT2D eigenvalue weighted by Gasteiger charge is 2.14. The summed E-state index contributed by atoms with van der Waals surface area (Å²) < 4.78 is 5.82. The maximum Gasteiger partial charge on any atom is 0.337 e. The summed E-state index contributed by atoms with van der Waals surface area (Å²) in [6.07, 6.45) is 0.0423. The molecular weight excluding hydrogens is 252 g/mol. The molecule has 0 saturated heterocycles. The van der Waals surface area contributed by atoms with Gasteiger partial charge in [0.15, 0.2) is 0 Å². The number of carbonyl (C=O) groups excluding carboxylic acids is 1. The van der Waals surface area contributed by atoms with Crippen LogP contribution in [0.4, 0.5) is 0 Å². The quantitative estimate of drug-likeness (QED) is 0.787. The number of aryl methyl sites for hydroxylation is 1. The van der Waals surface area contributed by atoms with Crippen LogP contribution >= 0.6 is 0 Å². The third-order valence-electron chi connectivity index (χ3n) is 2.81. The van der Waals surface area contributed by atoms with Gasteiger partial charge in [-0.3, -0.25) is 9.36 Å². The van der Waals surface area contributed by atoms with E-state index in [2.05, 4.69) is 9.72 Å². The van der Waals surface area contributed by atoms with Gasteiger partial charge in [-0.15, -0.1) is 0 Å². The normalized spacial score (nSPS) is 10.6. The number of carboxylic acid groups (broad SMARTS) is 1. The van der Waals surface area contributed by atoms with Crippen LogP contribution in [-0.4, -0.2) is 33.7 Å². The van der Waals surface area contributed by atoms with Gasteiger partial charge in [-0.1, -0.05) is 6.07 Å². The van der Waals surface area contributed by atoms with Gasteiger partial charge in [0.1, 0.15) is 0 Å². The average molecular weight is 264 g/mol. The molecule has 1 aromatic heterocycles. The Morgan fingerprint density at radius 2 is 2.16 bits per heavy atom. The maximum atomic E-state index is 11.8. The Morgan fingerprint density at radius 1 is 1.42 bits per heavy atom. The summed E-state index contributed by atoms with van der Waals surface area (Å²) in [6.45, 7) is 0.134. The number of aromatic carboxylic acids is 1. The van der Waals surface area contributed by atoms with E-state index in [1.54, 1.807) is 12.1 Å². The molecular formula is C12H12N2O5. The fourth-order valence-electron chi connectivity index (χ4n) is 1.89. The molecule has 0 atom stereocenters. The van der Waals surface area contributed by atoms with Gasteiger partial charge in [0.2, 0.25) is 0 Å². The Bertz CT molecular complexity index is 698. The third kappa shape index (κ3) is 2.35. The van der Waals surface area contributed by atoms with Crippen LogP contribution in [0.3, 0.4) is 0 Å². The minimum atomic E-state index is -1.12. The van der Waals surface area contributed by atoms with Crippen LogP contribution in [-0.2, 0) is 16.1 Å². The number of carboxylic acids is 1. The molecule has 0 aliphatic heterocycles. The molecule has 7 nitrogen and oxygen atoms in total. The van der Waals surface area contributed by atoms with Crippen LogP contribution in [0.25, 0.3) is 11.0 Å². The fraction of sp³-hybridized carbons (Fsp3) is 0.250. The predicted octanol–water partition coefficient (Wildman–Crippen LogP) is 0.591. The van der Waals surface area contributed by atoms with E-state index in [1.165, 1.54) is 17.7 Å². The molecule has 1 heterocycles. The highest BCUT2D eigenvalue weighted by molar-refractivity contribution is 6.00. The van der Waals surface area contributed by atoms with Gasteiger partial charge < -0.3 is 14.8 Å². The van der Waals surface area contributed by atoms with E-state index in [0.29, 0.717) is 5.52 Å². The number of nitrogens with one attached hydrogen (secondary N) is 1. The lowest BCUT2D eigenvalue weighted by molar-refractivity contribution is -0.140. The summed E-state index contributed by atoms with van der Waals surface area (Å²) in [7, 11) is 1.27. The van der Waals surface area contributed by atoms with Gasteiger partial charge in [-0.2, -0.15) is 0 Å². The SMILES string of the molecule is COC(=O)CCn1c(=O)[nH]c2c(C(=O)O)cccc21. The Labute approximate surface area is 107 Å². The second-order valence-corrected chi connectivity index (χ2v) is 3.91. The number of esters is 1. The molecule has 0 radical (unpaired) electrons. The summed E-state index contributed by atoms with van der Waals surface area (Å²) in [6, 6.07) is 4.58. The number of nitrogens with zero attached hydrogens (tertiary/aromatic N) is 1. The van der Waals surface area contributed by atoms with Crippen LogP contribution < -0.4 is 5.69 Å². The summed E-state index contributed by atoms with van der Waals surface area (Å²) in [4.78, 5) is 36.4. The zero-order valence-electron chi connectivity index (χ0n) is 10.2. The number of rotatable bonds is 4. The van der Waals surface area contributed by atoms with Crippen LogP contribution in [0, 0.1) is 0 Å². The van der Waals surface area contributed by atoms with E-state index in [4.69, 9.17) is 5.11 Å². The molecule has 2 rings (SSSR count). The molecule has 100 valence electrons. The van der Waals surface area contributed by atoms with Crippen LogP contribution in [0.5, 0.6) is 0 Å². The zero-order valence-corrected chi connectivity index (χ0v) is 10.2. The Balaban J connectivity index is 2.48. The highest BCUT2D eigenvalue weighted by Crippen LogP contribution is 2.15. The van der Waals surface area contributed by atoms with E-state index in [9.17, 15) is 14.4 Å². The number of hydrogen-bond donors (Lipinski definition) is 2. The van der Waals surface area contributed by atoms with Gasteiger partial charge in [0.25, 0.3) is 0 Å². The van der Waals surface area contributed by atoms with Gasteiger partial charge in [0, 0.05) is 6.54 Å². The summed E-state index contributed by atoms with van der Waals surface area (Å²) in [5, 5.41) is 9.03. The number of aromatic amines is 1. The summed E-state index contributed by atoms with van der Waals surface area (Å²) in [5.74, 6) is -1.55. The van der Waals surface area contributed by atoms with Crippen molar-refractivity contribution >= 4 is 23.0 Å². The minimum Gasteiger partial charge on any atom is -0.478 e. The van der Waals surface area contributed by atoms with Crippen molar-refractivity contribution < 1.29 is 19.4 Å². The standard InChI is InChI=1S/C12H12N2O5/c1-19-9(15)5-6-14-8-4-2-3-7(11(16)17)10(8)13-12(14)18/h2-4H,5-6H2,1H3,(H,13,18)(H,16,17). The number of H-pyrrole nitrogens is 1. The smallest absolute Gasteiger partial charge is 0.337 e. The van der Waals surface area contributed by atoms with Crippen molar-refractivity contribution in [1.29, 1.82) is 0 Å². The lowest BCUT2D eigenvalue weighted by Crippen LogP contribution is -2.18. The second-order valence-electron chi connectivity index (χ2n) is 3.91. The monoisotopic (exact) mass is 264 g/mol. The molecule has 0 amide bonds. The Morgan fingerprint density at radius 3 is 2.79 bits per heavy atom. The van der Waals surface area contributed by atoms with Crippen molar-refractivity contribution in [2.75, 3.05) is 7.11 Å². The van der Waals surface area contributed by atoms with Crippen molar-refractivity contribution in [1.82, 2.24) is 9.55 Å². The topological polar surface area (TPSA) is 101 Å². The van der Waals surface area contributed by atoms with Gasteiger partial charge >= 0.3 is 17.6 Å². The third-order valence-corrected chi connectivity index (χ3v) is 2.81. The van der Waals surface area contributed by atoms with E-state index < -0.39 is 17.6 Å². The molecule has 2 aromatic rings. The average Bonchev–Trinajstić information content (AvgIpc) is 2.71. The molecule has 0 aliphatic rings. The number of carbonyl (C=O) groups is 2. The minimum absolute atomic E-state index is 0.0198. The maximum absolute atomic E-state index is 11.8. The zero-order chi connectivity index (χ0) is 14.0. The fourth-order valence-corrected chi connectivity index (χ4v) is 1.89. The number of fused-ring (bicyclic) bond motifs is 1. The van der Waals surface area contributed by atoms with E-state index in [1.807, 2.05) is 0 Å². The first-order valence-corrected chi connectivity index (χ1v) is 5.56. The second kappa shape index (κ2) is 4.97. The van der Waals surface area contributed by atoms with Crippen LogP contribution in [0.15, 0.2) is 23.0 Å². The first kappa shape index (κ1) is 12.9. The Hall–Kier alpha value is -2.57. The number of imidazole rings is 1. The number of methoxy groups -OCH3 is 1. The largest absolute Gasteiger partial charge is 0.478 e. The first-order valence-electron chi connectivity index (χ1n) is 5.56. The van der Waals surface area contributed by atoms with Gasteiger partial charge in [-0.05, 0) is 12.1 Å². The first-order chi connectivity index (χ1) is 9.04. The van der Waals surface area contributed by atoms with Crippen molar-refractivity contribution in [2.45, 2.75) is 13.0 Å². The molecule has 1 aromatic carbocycles. The molecule has 0 bridgehead atoms. The van der Waals surface area contributed by atoms with Crippen LogP contribution in [0.1, 0.15) is 16.8 Å². The van der Waals surface area contributed by atoms with Crippen molar-refractivity contribution in [3.63, 3.8) is 0 Å². The number of aromatic nitrogens is 2. The predicted molar refractivity (Wildman–Crippen MR) is 66.2 cm³/mol. The molecule has 7 heteroatoms. The number of benzene rings is 1. The molecule has 0 aliphatic carbocycles. The van der Waals surface area contributed by atoms with Crippen LogP contribution in [0.2, 0.25) is 0 Å². The van der Waals surface area contributed by atoms with Crippen molar-refractivity contribution in [2.24, 2.45) is 0 Å². The molecule has 19 heavy (non-hydrogen) atoms. The van der Waals surface area contributed by atoms with E-state index in [-0.39, 0.29) is 24.0 Å². The summed E-state index contributed by atoms with van der Waals surface area (Å²) in [5.41, 5.74) is 0.276. The van der Waals surface area contributed by atoms with Crippen molar-refractivity contribution in [3.05, 3.63) is 34.2 Å². The Kier molecular flexibility index (Phi) is 3.37. The molecule has 0 unspecified atom stereocenters. The number of para-hydroxylation sites is 1. The molecule has 2 N–H and O–H groups in total. The molecule has 0 spiro atoms. The lowest BCUT2D eigenvalue weighted by atomic mass is 10.2. The summed E-state index contributed by atoms with van der Waals surface area (Å²) >= 11 is 0. The van der Waals surface area contributed by atoms with Crippen molar-refractivity contribution in [3.8, 4) is 0 Å². The van der Waals surface area contributed by atoms with E-state index >= 15 is 0 Å². The van der Waals surface area contributed by atoms with Gasteiger partial charge in [-0.25, -0.2) is 9.59 Å². The highest BCUT2D eigenvalue weighted by atomic mass is 16.5.